The van der Waals surface area contributed by atoms with E-state index >= 15 is 0 Å². The summed E-state index contributed by atoms with van der Waals surface area (Å²) in [5, 5.41) is 16.3. The van der Waals surface area contributed by atoms with Crippen molar-refractivity contribution in [2.24, 2.45) is 0 Å². The van der Waals surface area contributed by atoms with Crippen molar-refractivity contribution in [2.45, 2.75) is 17.0 Å². The molecule has 2 aromatic heterocycles. The Kier molecular flexibility index (Phi) is 4.57. The smallest absolute Gasteiger partial charge is 0.210 e. The SMILES string of the molecule is Cc1cc(CSc2nnc(Nc3cccc(Br)c3)s2)no1. The van der Waals surface area contributed by atoms with Gasteiger partial charge in [-0.25, -0.2) is 0 Å². The summed E-state index contributed by atoms with van der Waals surface area (Å²) < 4.78 is 6.95. The van der Waals surface area contributed by atoms with E-state index in [9.17, 15) is 0 Å². The van der Waals surface area contributed by atoms with Crippen LogP contribution in [0.25, 0.3) is 0 Å². The van der Waals surface area contributed by atoms with Crippen LogP contribution in [-0.2, 0) is 5.75 Å². The van der Waals surface area contributed by atoms with E-state index in [2.05, 4.69) is 36.6 Å². The first-order valence-corrected chi connectivity index (χ1v) is 8.69. The Labute approximate surface area is 138 Å². The van der Waals surface area contributed by atoms with Crippen LogP contribution in [0.3, 0.4) is 0 Å². The number of halogens is 1. The third kappa shape index (κ3) is 4.05. The van der Waals surface area contributed by atoms with Crippen LogP contribution in [0.1, 0.15) is 11.5 Å². The van der Waals surface area contributed by atoms with Crippen molar-refractivity contribution >= 4 is 49.8 Å². The van der Waals surface area contributed by atoms with Gasteiger partial charge in [0.25, 0.3) is 0 Å². The molecule has 3 rings (SSSR count). The summed E-state index contributed by atoms with van der Waals surface area (Å²) in [7, 11) is 0. The maximum Gasteiger partial charge on any atom is 0.210 e. The predicted octanol–water partition coefficient (Wildman–Crippen LogP) is 4.63. The molecule has 0 amide bonds. The van der Waals surface area contributed by atoms with Crippen molar-refractivity contribution in [1.29, 1.82) is 0 Å². The number of anilines is 2. The Bertz CT molecular complexity index is 743. The Morgan fingerprint density at radius 3 is 3.00 bits per heavy atom. The first-order valence-electron chi connectivity index (χ1n) is 6.10. The van der Waals surface area contributed by atoms with Gasteiger partial charge in [0.15, 0.2) is 4.34 Å². The van der Waals surface area contributed by atoms with Gasteiger partial charge in [-0.3, -0.25) is 0 Å². The Hall–Kier alpha value is -1.38. The summed E-state index contributed by atoms with van der Waals surface area (Å²) in [6, 6.07) is 9.85. The molecule has 2 heterocycles. The molecule has 21 heavy (non-hydrogen) atoms. The molecule has 0 aliphatic carbocycles. The van der Waals surface area contributed by atoms with Crippen LogP contribution in [0.4, 0.5) is 10.8 Å². The molecule has 0 bridgehead atoms. The average Bonchev–Trinajstić information content (AvgIpc) is 3.06. The number of benzene rings is 1. The molecule has 5 nitrogen and oxygen atoms in total. The van der Waals surface area contributed by atoms with Crippen LogP contribution in [0.15, 0.2) is 43.7 Å². The lowest BCUT2D eigenvalue weighted by atomic mass is 10.3. The molecule has 3 aromatic rings. The predicted molar refractivity (Wildman–Crippen MR) is 88.1 cm³/mol. The normalized spacial score (nSPS) is 10.8. The number of aromatic nitrogens is 3. The molecule has 0 aliphatic heterocycles. The molecule has 0 spiro atoms. The Morgan fingerprint density at radius 2 is 2.24 bits per heavy atom. The third-order valence-corrected chi connectivity index (χ3v) is 5.00. The van der Waals surface area contributed by atoms with Crippen LogP contribution in [-0.4, -0.2) is 15.4 Å². The molecule has 0 fully saturated rings. The molecule has 8 heteroatoms. The minimum absolute atomic E-state index is 0.725. The number of nitrogens with zero attached hydrogens (tertiary/aromatic N) is 3. The molecule has 0 unspecified atom stereocenters. The van der Waals surface area contributed by atoms with Gasteiger partial charge in [-0.05, 0) is 25.1 Å². The molecule has 0 radical (unpaired) electrons. The second kappa shape index (κ2) is 6.59. The van der Waals surface area contributed by atoms with Crippen LogP contribution < -0.4 is 5.32 Å². The summed E-state index contributed by atoms with van der Waals surface area (Å²) >= 11 is 6.55. The van der Waals surface area contributed by atoms with Crippen LogP contribution in [0, 0.1) is 6.92 Å². The van der Waals surface area contributed by atoms with Gasteiger partial charge in [-0.15, -0.1) is 10.2 Å². The molecule has 0 saturated heterocycles. The molecule has 108 valence electrons. The number of nitrogens with one attached hydrogen (secondary N) is 1. The molecule has 1 aromatic carbocycles. The highest BCUT2D eigenvalue weighted by Crippen LogP contribution is 2.30. The van der Waals surface area contributed by atoms with Crippen LogP contribution in [0.2, 0.25) is 0 Å². The summed E-state index contributed by atoms with van der Waals surface area (Å²) in [6.07, 6.45) is 0. The number of hydrogen-bond acceptors (Lipinski definition) is 7. The molecular weight excluding hydrogens is 372 g/mol. The van der Waals surface area contributed by atoms with Gasteiger partial charge >= 0.3 is 0 Å². The minimum Gasteiger partial charge on any atom is -0.361 e. The number of rotatable bonds is 5. The monoisotopic (exact) mass is 382 g/mol. The standard InChI is InChI=1S/C13H11BrN4OS2/c1-8-5-11(18-19-8)7-20-13-17-16-12(21-13)15-10-4-2-3-9(14)6-10/h2-6H,7H2,1H3,(H,15,16). The summed E-state index contributed by atoms with van der Waals surface area (Å²) in [5.74, 6) is 1.54. The molecular formula is C13H11BrN4OS2. The van der Waals surface area contributed by atoms with E-state index in [1.165, 1.54) is 11.3 Å². The van der Waals surface area contributed by atoms with Gasteiger partial charge in [0.05, 0.1) is 5.69 Å². The first-order chi connectivity index (χ1) is 10.2. The largest absolute Gasteiger partial charge is 0.361 e. The fourth-order valence-electron chi connectivity index (χ4n) is 1.63. The highest BCUT2D eigenvalue weighted by molar-refractivity contribution is 9.10. The van der Waals surface area contributed by atoms with E-state index in [0.717, 1.165) is 36.8 Å². The van der Waals surface area contributed by atoms with E-state index < -0.39 is 0 Å². The zero-order valence-electron chi connectivity index (χ0n) is 11.0. The van der Waals surface area contributed by atoms with Crippen LogP contribution >= 0.6 is 39.0 Å². The lowest BCUT2D eigenvalue weighted by Crippen LogP contribution is -1.88. The Balaban J connectivity index is 1.61. The van der Waals surface area contributed by atoms with Crippen molar-refractivity contribution in [2.75, 3.05) is 5.32 Å². The van der Waals surface area contributed by atoms with E-state index in [4.69, 9.17) is 4.52 Å². The van der Waals surface area contributed by atoms with Crippen molar-refractivity contribution in [3.63, 3.8) is 0 Å². The molecule has 0 aliphatic rings. The van der Waals surface area contributed by atoms with Gasteiger partial charge < -0.3 is 9.84 Å². The van der Waals surface area contributed by atoms with Crippen LogP contribution in [0.5, 0.6) is 0 Å². The van der Waals surface area contributed by atoms with E-state index in [-0.39, 0.29) is 0 Å². The van der Waals surface area contributed by atoms with E-state index in [1.54, 1.807) is 11.8 Å². The highest BCUT2D eigenvalue weighted by Gasteiger charge is 2.07. The van der Waals surface area contributed by atoms with Crippen molar-refractivity contribution in [1.82, 2.24) is 15.4 Å². The van der Waals surface area contributed by atoms with Gasteiger partial charge in [-0.2, -0.15) is 0 Å². The average molecular weight is 383 g/mol. The zero-order chi connectivity index (χ0) is 14.7. The first kappa shape index (κ1) is 14.6. The number of hydrogen-bond donors (Lipinski definition) is 1. The van der Waals surface area contributed by atoms with Crippen molar-refractivity contribution < 1.29 is 4.52 Å². The summed E-state index contributed by atoms with van der Waals surface area (Å²) in [4.78, 5) is 0. The highest BCUT2D eigenvalue weighted by atomic mass is 79.9. The van der Waals surface area contributed by atoms with Gasteiger partial charge in [-0.1, -0.05) is 50.3 Å². The summed E-state index contributed by atoms with van der Waals surface area (Å²) in [5.41, 5.74) is 1.89. The second-order valence-electron chi connectivity index (χ2n) is 4.23. The molecule has 0 saturated carbocycles. The van der Waals surface area contributed by atoms with Crippen molar-refractivity contribution in [3.8, 4) is 0 Å². The van der Waals surface area contributed by atoms with Gasteiger partial charge in [0.1, 0.15) is 5.76 Å². The lowest BCUT2D eigenvalue weighted by Gasteiger charge is -2.01. The fraction of sp³-hybridized carbons (Fsp3) is 0.154. The third-order valence-electron chi connectivity index (χ3n) is 2.50. The maximum atomic E-state index is 5.04. The quantitative estimate of drug-likeness (QED) is 0.648. The van der Waals surface area contributed by atoms with E-state index in [1.807, 2.05) is 37.3 Å². The summed E-state index contributed by atoms with van der Waals surface area (Å²) in [6.45, 7) is 1.88. The molecule has 1 N–H and O–H groups in total. The lowest BCUT2D eigenvalue weighted by molar-refractivity contribution is 0.393. The van der Waals surface area contributed by atoms with Gasteiger partial charge in [0.2, 0.25) is 5.13 Å². The topological polar surface area (TPSA) is 63.8 Å². The Morgan fingerprint density at radius 1 is 1.33 bits per heavy atom. The molecule has 0 atom stereocenters. The number of thioether (sulfide) groups is 1. The fourth-order valence-corrected chi connectivity index (χ4v) is 3.68. The van der Waals surface area contributed by atoms with E-state index in [0.29, 0.717) is 0 Å². The minimum atomic E-state index is 0.725. The maximum absolute atomic E-state index is 5.04. The van der Waals surface area contributed by atoms with Crippen molar-refractivity contribution in [3.05, 3.63) is 46.3 Å². The second-order valence-corrected chi connectivity index (χ2v) is 7.34. The van der Waals surface area contributed by atoms with Gasteiger partial charge in [0, 0.05) is 22.0 Å². The number of aryl methyl sites for hydroxylation is 1. The zero-order valence-corrected chi connectivity index (χ0v) is 14.3.